The van der Waals surface area contributed by atoms with Crippen molar-refractivity contribution in [3.05, 3.63) is 16.4 Å². The number of rotatable bonds is 1. The van der Waals surface area contributed by atoms with E-state index >= 15 is 0 Å². The lowest BCUT2D eigenvalue weighted by Gasteiger charge is -2.13. The van der Waals surface area contributed by atoms with Gasteiger partial charge in [0.2, 0.25) is 0 Å². The summed E-state index contributed by atoms with van der Waals surface area (Å²) < 4.78 is 37.3. The molecular weight excluding hydrogens is 253 g/mol. The van der Waals surface area contributed by atoms with Gasteiger partial charge in [-0.3, -0.25) is 4.68 Å². The fourth-order valence-electron chi connectivity index (χ4n) is 0.869. The van der Waals surface area contributed by atoms with Crippen molar-refractivity contribution in [2.24, 2.45) is 7.05 Å². The van der Waals surface area contributed by atoms with E-state index in [0.29, 0.717) is 0 Å². The molecule has 7 heteroatoms. The lowest BCUT2D eigenvalue weighted by molar-refractivity contribution is -0.208. The molecule has 3 nitrogen and oxygen atoms in total. The highest BCUT2D eigenvalue weighted by Gasteiger charge is 2.41. The highest BCUT2D eigenvalue weighted by Crippen LogP contribution is 2.32. The average molecular weight is 259 g/mol. The monoisotopic (exact) mass is 258 g/mol. The van der Waals surface area contributed by atoms with Gasteiger partial charge in [-0.15, -0.1) is 0 Å². The maximum Gasteiger partial charge on any atom is 0.420 e. The van der Waals surface area contributed by atoms with E-state index in [2.05, 4.69) is 21.0 Å². The summed E-state index contributed by atoms with van der Waals surface area (Å²) in [4.78, 5) is 0. The van der Waals surface area contributed by atoms with Crippen LogP contribution in [0.25, 0.3) is 0 Å². The van der Waals surface area contributed by atoms with E-state index in [1.807, 2.05) is 0 Å². The minimum Gasteiger partial charge on any atom is -0.378 e. The SMILES string of the molecule is Cn1nc(Br)cc1[C@H](O)C(F)(F)F. The number of hydrogen-bond donors (Lipinski definition) is 1. The zero-order valence-corrected chi connectivity index (χ0v) is 8.09. The molecule has 0 aliphatic carbocycles. The molecule has 1 aromatic heterocycles. The van der Waals surface area contributed by atoms with Gasteiger partial charge < -0.3 is 5.11 Å². The lowest BCUT2D eigenvalue weighted by Crippen LogP contribution is -2.22. The Morgan fingerprint density at radius 2 is 2.15 bits per heavy atom. The minimum absolute atomic E-state index is 0.258. The summed E-state index contributed by atoms with van der Waals surface area (Å²) >= 11 is 2.91. The standard InChI is InChI=1S/C6H6BrF3N2O/c1-12-3(2-4(7)11-12)5(13)6(8,9)10/h2,5,13H,1H3/t5-/m0/s1. The molecule has 0 unspecified atom stereocenters. The highest BCUT2D eigenvalue weighted by atomic mass is 79.9. The second kappa shape index (κ2) is 3.30. The number of nitrogens with zero attached hydrogens (tertiary/aromatic N) is 2. The summed E-state index contributed by atoms with van der Waals surface area (Å²) in [5, 5.41) is 12.5. The lowest BCUT2D eigenvalue weighted by atomic mass is 10.2. The summed E-state index contributed by atoms with van der Waals surface area (Å²) in [7, 11) is 1.33. The Kier molecular flexibility index (Phi) is 2.67. The Bertz CT molecular complexity index is 309. The van der Waals surface area contributed by atoms with Gasteiger partial charge in [-0.2, -0.15) is 18.3 Å². The Balaban J connectivity index is 3.01. The highest BCUT2D eigenvalue weighted by molar-refractivity contribution is 9.10. The van der Waals surface area contributed by atoms with Crippen LogP contribution in [0.4, 0.5) is 13.2 Å². The molecule has 0 bridgehead atoms. The van der Waals surface area contributed by atoms with Crippen LogP contribution in [-0.2, 0) is 7.05 Å². The van der Waals surface area contributed by atoms with Gasteiger partial charge in [-0.05, 0) is 22.0 Å². The summed E-state index contributed by atoms with van der Waals surface area (Å²) in [6.07, 6.45) is -7.15. The molecule has 1 N–H and O–H groups in total. The first-order valence-corrected chi connectivity index (χ1v) is 4.06. The number of alkyl halides is 3. The van der Waals surface area contributed by atoms with E-state index in [1.54, 1.807) is 0 Å². The van der Waals surface area contributed by atoms with Gasteiger partial charge in [-0.1, -0.05) is 0 Å². The van der Waals surface area contributed by atoms with E-state index in [0.717, 1.165) is 10.7 Å². The third-order valence-electron chi connectivity index (χ3n) is 1.48. The molecule has 1 rings (SSSR count). The molecule has 13 heavy (non-hydrogen) atoms. The smallest absolute Gasteiger partial charge is 0.378 e. The molecule has 0 aliphatic heterocycles. The molecule has 1 aromatic rings. The fraction of sp³-hybridized carbons (Fsp3) is 0.500. The minimum atomic E-state index is -4.66. The Morgan fingerprint density at radius 1 is 1.62 bits per heavy atom. The zero-order valence-electron chi connectivity index (χ0n) is 6.51. The molecule has 74 valence electrons. The summed E-state index contributed by atoms with van der Waals surface area (Å²) in [5.41, 5.74) is -0.292. The quantitative estimate of drug-likeness (QED) is 0.834. The summed E-state index contributed by atoms with van der Waals surface area (Å²) in [5.74, 6) is 0. The van der Waals surface area contributed by atoms with Crippen molar-refractivity contribution in [1.29, 1.82) is 0 Å². The Hall–Kier alpha value is -0.560. The van der Waals surface area contributed by atoms with Crippen molar-refractivity contribution in [1.82, 2.24) is 9.78 Å². The van der Waals surface area contributed by atoms with Crippen molar-refractivity contribution < 1.29 is 18.3 Å². The number of halogens is 4. The number of aliphatic hydroxyl groups excluding tert-OH is 1. The first-order chi connectivity index (χ1) is 5.82. The Morgan fingerprint density at radius 3 is 2.46 bits per heavy atom. The summed E-state index contributed by atoms with van der Waals surface area (Å²) in [6, 6.07) is 1.12. The van der Waals surface area contributed by atoms with Crippen LogP contribution in [0.3, 0.4) is 0 Å². The molecule has 0 amide bonds. The first-order valence-electron chi connectivity index (χ1n) is 3.26. The Labute approximate surface area is 80.3 Å². The van der Waals surface area contributed by atoms with Crippen molar-refractivity contribution in [2.75, 3.05) is 0 Å². The number of hydrogen-bond acceptors (Lipinski definition) is 2. The number of aromatic nitrogens is 2. The second-order valence-electron chi connectivity index (χ2n) is 2.46. The van der Waals surface area contributed by atoms with E-state index in [-0.39, 0.29) is 10.3 Å². The maximum atomic E-state index is 12.0. The van der Waals surface area contributed by atoms with Gasteiger partial charge in [0.05, 0.1) is 5.69 Å². The number of aliphatic hydroxyl groups is 1. The largest absolute Gasteiger partial charge is 0.420 e. The van der Waals surface area contributed by atoms with Gasteiger partial charge in [0, 0.05) is 7.05 Å². The van der Waals surface area contributed by atoms with Crippen LogP contribution >= 0.6 is 15.9 Å². The molecular formula is C6H6BrF3N2O. The van der Waals surface area contributed by atoms with Crippen LogP contribution in [0.2, 0.25) is 0 Å². The molecule has 0 saturated carbocycles. The molecule has 0 radical (unpaired) electrons. The predicted molar refractivity (Wildman–Crippen MR) is 41.9 cm³/mol. The topological polar surface area (TPSA) is 38.0 Å². The average Bonchev–Trinajstić information content (AvgIpc) is 2.26. The molecule has 1 atom stereocenters. The van der Waals surface area contributed by atoms with Gasteiger partial charge in [-0.25, -0.2) is 0 Å². The van der Waals surface area contributed by atoms with Crippen molar-refractivity contribution in [3.63, 3.8) is 0 Å². The van der Waals surface area contributed by atoms with Crippen LogP contribution in [0.1, 0.15) is 11.8 Å². The molecule has 0 fully saturated rings. The number of aryl methyl sites for hydroxylation is 1. The molecule has 0 saturated heterocycles. The van der Waals surface area contributed by atoms with Crippen LogP contribution in [0.5, 0.6) is 0 Å². The van der Waals surface area contributed by atoms with Crippen molar-refractivity contribution >= 4 is 15.9 Å². The van der Waals surface area contributed by atoms with Gasteiger partial charge in [0.15, 0.2) is 6.10 Å². The van der Waals surface area contributed by atoms with Gasteiger partial charge in [0.25, 0.3) is 0 Å². The third-order valence-corrected chi connectivity index (χ3v) is 1.86. The van der Waals surface area contributed by atoms with E-state index in [4.69, 9.17) is 5.11 Å². The van der Waals surface area contributed by atoms with Crippen molar-refractivity contribution in [2.45, 2.75) is 12.3 Å². The molecule has 1 heterocycles. The van der Waals surface area contributed by atoms with Crippen LogP contribution in [0, 0.1) is 0 Å². The predicted octanol–water partition coefficient (Wildman–Crippen LogP) is 1.78. The van der Waals surface area contributed by atoms with E-state index in [1.165, 1.54) is 7.05 Å². The normalized spacial score (nSPS) is 14.6. The molecule has 0 aliphatic rings. The van der Waals surface area contributed by atoms with Crippen molar-refractivity contribution in [3.8, 4) is 0 Å². The molecule has 0 spiro atoms. The van der Waals surface area contributed by atoms with E-state index < -0.39 is 12.3 Å². The van der Waals surface area contributed by atoms with Gasteiger partial charge in [0.1, 0.15) is 4.60 Å². The second-order valence-corrected chi connectivity index (χ2v) is 3.27. The van der Waals surface area contributed by atoms with Crippen LogP contribution < -0.4 is 0 Å². The van der Waals surface area contributed by atoms with Crippen LogP contribution in [0.15, 0.2) is 10.7 Å². The van der Waals surface area contributed by atoms with Crippen LogP contribution in [-0.4, -0.2) is 21.1 Å². The summed E-state index contributed by atoms with van der Waals surface area (Å²) in [6.45, 7) is 0. The third kappa shape index (κ3) is 2.22. The molecule has 0 aromatic carbocycles. The first kappa shape index (κ1) is 10.5. The fourth-order valence-corrected chi connectivity index (χ4v) is 1.34. The van der Waals surface area contributed by atoms with E-state index in [9.17, 15) is 13.2 Å². The zero-order chi connectivity index (χ0) is 10.2. The maximum absolute atomic E-state index is 12.0. The van der Waals surface area contributed by atoms with Gasteiger partial charge >= 0.3 is 6.18 Å².